The zero-order valence-electron chi connectivity index (χ0n) is 13.9. The second kappa shape index (κ2) is 7.92. The van der Waals surface area contributed by atoms with E-state index in [2.05, 4.69) is 9.88 Å². The minimum atomic E-state index is -0.764. The predicted octanol–water partition coefficient (Wildman–Crippen LogP) is 2.77. The SMILES string of the molecule is CN(CC(=O)O)C1CCCN(Cc2ncc(-c3cccs3)o2)CC1. The van der Waals surface area contributed by atoms with E-state index in [1.165, 1.54) is 0 Å². The topological polar surface area (TPSA) is 69.8 Å². The monoisotopic (exact) mass is 349 g/mol. The molecule has 1 aliphatic rings. The van der Waals surface area contributed by atoms with Crippen LogP contribution in [0.3, 0.4) is 0 Å². The molecule has 0 aliphatic carbocycles. The van der Waals surface area contributed by atoms with Gasteiger partial charge in [-0.25, -0.2) is 4.98 Å². The Kier molecular flexibility index (Phi) is 5.65. The van der Waals surface area contributed by atoms with Gasteiger partial charge >= 0.3 is 5.97 Å². The molecule has 0 spiro atoms. The number of likely N-dealkylation sites (N-methyl/N-ethyl adjacent to an activating group) is 1. The van der Waals surface area contributed by atoms with Gasteiger partial charge in [0, 0.05) is 12.6 Å². The van der Waals surface area contributed by atoms with Crippen LogP contribution in [0, 0.1) is 0 Å². The van der Waals surface area contributed by atoms with Gasteiger partial charge in [-0.3, -0.25) is 14.6 Å². The molecule has 2 aromatic rings. The molecular weight excluding hydrogens is 326 g/mol. The molecule has 3 heterocycles. The third-order valence-electron chi connectivity index (χ3n) is 4.47. The Labute approximate surface area is 145 Å². The summed E-state index contributed by atoms with van der Waals surface area (Å²) in [4.78, 5) is 20.7. The van der Waals surface area contributed by atoms with Crippen molar-refractivity contribution >= 4 is 17.3 Å². The van der Waals surface area contributed by atoms with Crippen LogP contribution in [-0.2, 0) is 11.3 Å². The minimum absolute atomic E-state index is 0.106. The lowest BCUT2D eigenvalue weighted by atomic mass is 10.1. The fraction of sp³-hybridized carbons (Fsp3) is 0.529. The standard InChI is InChI=1S/C17H23N3O3S/c1-19(12-17(21)22)13-4-2-7-20(8-6-13)11-16-18-10-14(23-16)15-5-3-9-24-15/h3,5,9-10,13H,2,4,6-8,11-12H2,1H3,(H,21,22). The average Bonchev–Trinajstić information content (AvgIpc) is 3.15. The Morgan fingerprint density at radius 3 is 3.12 bits per heavy atom. The number of thiophene rings is 1. The molecule has 130 valence electrons. The number of likely N-dealkylation sites (tertiary alicyclic amines) is 1. The van der Waals surface area contributed by atoms with Gasteiger partial charge in [0.25, 0.3) is 0 Å². The third kappa shape index (κ3) is 4.43. The first kappa shape index (κ1) is 17.1. The van der Waals surface area contributed by atoms with Crippen LogP contribution in [-0.4, -0.2) is 58.6 Å². The lowest BCUT2D eigenvalue weighted by Crippen LogP contribution is -2.36. The summed E-state index contributed by atoms with van der Waals surface area (Å²) in [5.74, 6) is 0.809. The number of rotatable bonds is 6. The summed E-state index contributed by atoms with van der Waals surface area (Å²) in [7, 11) is 1.90. The molecule has 1 aliphatic heterocycles. The highest BCUT2D eigenvalue weighted by molar-refractivity contribution is 7.13. The molecule has 1 N–H and O–H groups in total. The van der Waals surface area contributed by atoms with Crippen molar-refractivity contribution < 1.29 is 14.3 Å². The fourth-order valence-electron chi connectivity index (χ4n) is 3.19. The third-order valence-corrected chi connectivity index (χ3v) is 5.36. The Morgan fingerprint density at radius 2 is 2.38 bits per heavy atom. The molecule has 0 saturated carbocycles. The highest BCUT2D eigenvalue weighted by Crippen LogP contribution is 2.26. The van der Waals surface area contributed by atoms with Crippen LogP contribution in [0.4, 0.5) is 0 Å². The van der Waals surface area contributed by atoms with E-state index >= 15 is 0 Å². The quantitative estimate of drug-likeness (QED) is 0.865. The van der Waals surface area contributed by atoms with Crippen molar-refractivity contribution in [3.8, 4) is 10.6 Å². The molecule has 3 rings (SSSR count). The molecule has 0 bridgehead atoms. The molecule has 7 heteroatoms. The molecule has 0 aromatic carbocycles. The number of aromatic nitrogens is 1. The van der Waals surface area contributed by atoms with E-state index in [1.807, 2.05) is 29.5 Å². The number of oxazole rings is 1. The summed E-state index contributed by atoms with van der Waals surface area (Å²) < 4.78 is 5.87. The molecule has 6 nitrogen and oxygen atoms in total. The van der Waals surface area contributed by atoms with Crippen LogP contribution in [0.25, 0.3) is 10.6 Å². The van der Waals surface area contributed by atoms with Crippen LogP contribution < -0.4 is 0 Å². The van der Waals surface area contributed by atoms with Gasteiger partial charge < -0.3 is 9.52 Å². The van der Waals surface area contributed by atoms with Gasteiger partial charge in [0.05, 0.1) is 24.2 Å². The van der Waals surface area contributed by atoms with Crippen LogP contribution in [0.2, 0.25) is 0 Å². The summed E-state index contributed by atoms with van der Waals surface area (Å²) in [6, 6.07) is 4.37. The first-order valence-corrected chi connectivity index (χ1v) is 9.13. The van der Waals surface area contributed by atoms with E-state index < -0.39 is 5.97 Å². The van der Waals surface area contributed by atoms with Gasteiger partial charge in [0.15, 0.2) is 5.76 Å². The summed E-state index contributed by atoms with van der Waals surface area (Å²) in [6.07, 6.45) is 4.87. The van der Waals surface area contributed by atoms with E-state index in [0.29, 0.717) is 12.6 Å². The van der Waals surface area contributed by atoms with E-state index in [-0.39, 0.29) is 6.54 Å². The van der Waals surface area contributed by atoms with Gasteiger partial charge in [-0.15, -0.1) is 11.3 Å². The van der Waals surface area contributed by atoms with Gasteiger partial charge in [-0.05, 0) is 44.3 Å². The first-order valence-electron chi connectivity index (χ1n) is 8.25. The van der Waals surface area contributed by atoms with Gasteiger partial charge in [0.2, 0.25) is 5.89 Å². The first-order chi connectivity index (χ1) is 11.6. The van der Waals surface area contributed by atoms with Gasteiger partial charge in [-0.1, -0.05) is 6.07 Å². The molecule has 0 amide bonds. The zero-order valence-corrected chi connectivity index (χ0v) is 14.7. The Hall–Kier alpha value is -1.70. The number of carboxylic acid groups (broad SMARTS) is 1. The van der Waals surface area contributed by atoms with Crippen LogP contribution in [0.5, 0.6) is 0 Å². The van der Waals surface area contributed by atoms with E-state index in [9.17, 15) is 4.79 Å². The number of aliphatic carboxylic acids is 1. The maximum Gasteiger partial charge on any atom is 0.317 e. The van der Waals surface area contributed by atoms with Crippen molar-refractivity contribution in [3.05, 3.63) is 29.6 Å². The van der Waals surface area contributed by atoms with Gasteiger partial charge in [-0.2, -0.15) is 0 Å². The summed E-state index contributed by atoms with van der Waals surface area (Å²) in [5, 5.41) is 11.0. The van der Waals surface area contributed by atoms with E-state index in [0.717, 1.165) is 48.9 Å². The maximum atomic E-state index is 10.9. The molecule has 1 fully saturated rings. The van der Waals surface area contributed by atoms with Crippen molar-refractivity contribution in [1.29, 1.82) is 0 Å². The molecule has 2 aromatic heterocycles. The van der Waals surface area contributed by atoms with E-state index in [1.54, 1.807) is 17.5 Å². The molecule has 1 saturated heterocycles. The highest BCUT2D eigenvalue weighted by atomic mass is 32.1. The largest absolute Gasteiger partial charge is 0.480 e. The van der Waals surface area contributed by atoms with Crippen molar-refractivity contribution in [2.24, 2.45) is 0 Å². The van der Waals surface area contributed by atoms with Crippen molar-refractivity contribution in [3.63, 3.8) is 0 Å². The predicted molar refractivity (Wildman–Crippen MR) is 93.0 cm³/mol. The number of carbonyl (C=O) groups is 1. The van der Waals surface area contributed by atoms with Crippen LogP contribution >= 0.6 is 11.3 Å². The lowest BCUT2D eigenvalue weighted by molar-refractivity contribution is -0.138. The Morgan fingerprint density at radius 1 is 1.50 bits per heavy atom. The Bertz CT molecular complexity index is 656. The summed E-state index contributed by atoms with van der Waals surface area (Å²) in [5.41, 5.74) is 0. The lowest BCUT2D eigenvalue weighted by Gasteiger charge is -2.25. The van der Waals surface area contributed by atoms with Crippen LogP contribution in [0.15, 0.2) is 28.1 Å². The molecule has 1 unspecified atom stereocenters. The molecule has 1 atom stereocenters. The molecular formula is C17H23N3O3S. The van der Waals surface area contributed by atoms with Crippen LogP contribution in [0.1, 0.15) is 25.2 Å². The summed E-state index contributed by atoms with van der Waals surface area (Å²) in [6.45, 7) is 2.74. The number of carboxylic acids is 1. The smallest absolute Gasteiger partial charge is 0.317 e. The average molecular weight is 349 g/mol. The van der Waals surface area contributed by atoms with Crippen molar-refractivity contribution in [1.82, 2.24) is 14.8 Å². The second-order valence-electron chi connectivity index (χ2n) is 6.27. The normalized spacial score (nSPS) is 19.5. The number of hydrogen-bond acceptors (Lipinski definition) is 6. The molecule has 0 radical (unpaired) electrons. The second-order valence-corrected chi connectivity index (χ2v) is 7.21. The number of nitrogens with zero attached hydrogens (tertiary/aromatic N) is 3. The van der Waals surface area contributed by atoms with E-state index in [4.69, 9.17) is 9.52 Å². The zero-order chi connectivity index (χ0) is 16.9. The minimum Gasteiger partial charge on any atom is -0.480 e. The van der Waals surface area contributed by atoms with Gasteiger partial charge in [0.1, 0.15) is 0 Å². The van der Waals surface area contributed by atoms with Crippen molar-refractivity contribution in [2.45, 2.75) is 31.8 Å². The highest BCUT2D eigenvalue weighted by Gasteiger charge is 2.22. The van der Waals surface area contributed by atoms with Crippen molar-refractivity contribution in [2.75, 3.05) is 26.7 Å². The number of hydrogen-bond donors (Lipinski definition) is 1. The maximum absolute atomic E-state index is 10.9. The summed E-state index contributed by atoms with van der Waals surface area (Å²) >= 11 is 1.65. The molecule has 24 heavy (non-hydrogen) atoms. The Balaban J connectivity index is 1.54. The fourth-order valence-corrected chi connectivity index (χ4v) is 3.86.